The third-order valence-corrected chi connectivity index (χ3v) is 3.15. The first-order chi connectivity index (χ1) is 10.0. The third kappa shape index (κ3) is 2.50. The van der Waals surface area contributed by atoms with E-state index in [1.807, 2.05) is 13.0 Å². The maximum absolute atomic E-state index is 13.7. The Hall–Kier alpha value is -2.69. The van der Waals surface area contributed by atoms with Crippen LogP contribution in [0.4, 0.5) is 14.5 Å². The average molecular weight is 286 g/mol. The zero-order valence-electron chi connectivity index (χ0n) is 11.2. The zero-order valence-corrected chi connectivity index (χ0v) is 11.2. The van der Waals surface area contributed by atoms with Crippen LogP contribution in [0, 0.1) is 18.6 Å². The van der Waals surface area contributed by atoms with Crippen molar-refractivity contribution >= 4 is 16.5 Å². The summed E-state index contributed by atoms with van der Waals surface area (Å²) in [4.78, 5) is 4.19. The number of fused-ring (bicyclic) bond motifs is 1. The largest absolute Gasteiger partial charge is 0.454 e. The summed E-state index contributed by atoms with van der Waals surface area (Å²) in [6.45, 7) is 1.84. The second-order valence-corrected chi connectivity index (χ2v) is 4.70. The van der Waals surface area contributed by atoms with E-state index < -0.39 is 11.6 Å². The quantitative estimate of drug-likeness (QED) is 0.718. The third-order valence-electron chi connectivity index (χ3n) is 3.15. The van der Waals surface area contributed by atoms with Gasteiger partial charge in [0.15, 0.2) is 11.6 Å². The van der Waals surface area contributed by atoms with Crippen LogP contribution in [0.1, 0.15) is 5.69 Å². The molecular weight excluding hydrogens is 274 g/mol. The highest BCUT2D eigenvalue weighted by molar-refractivity contribution is 5.96. The van der Waals surface area contributed by atoms with Gasteiger partial charge < -0.3 is 10.5 Å². The molecule has 0 aliphatic carbocycles. The van der Waals surface area contributed by atoms with E-state index in [4.69, 9.17) is 10.5 Å². The molecule has 2 N–H and O–H groups in total. The molecule has 0 atom stereocenters. The minimum absolute atomic E-state index is 0.0445. The number of pyridine rings is 1. The lowest BCUT2D eigenvalue weighted by Gasteiger charge is -2.11. The van der Waals surface area contributed by atoms with E-state index in [1.165, 1.54) is 6.07 Å². The monoisotopic (exact) mass is 286 g/mol. The lowest BCUT2D eigenvalue weighted by Crippen LogP contribution is -1.94. The number of nitrogens with two attached hydrogens (primary N) is 1. The molecule has 3 nitrogen and oxygen atoms in total. The molecule has 0 spiro atoms. The number of anilines is 1. The summed E-state index contributed by atoms with van der Waals surface area (Å²) in [5.74, 6) is -1.01. The van der Waals surface area contributed by atoms with Gasteiger partial charge in [-0.2, -0.15) is 0 Å². The van der Waals surface area contributed by atoms with Crippen molar-refractivity contribution in [2.24, 2.45) is 0 Å². The summed E-state index contributed by atoms with van der Waals surface area (Å²) < 4.78 is 32.2. The Kier molecular flexibility index (Phi) is 3.17. The van der Waals surface area contributed by atoms with Gasteiger partial charge in [0.05, 0.1) is 0 Å². The van der Waals surface area contributed by atoms with Crippen molar-refractivity contribution in [3.05, 3.63) is 59.9 Å². The zero-order chi connectivity index (χ0) is 15.0. The Morgan fingerprint density at radius 3 is 2.52 bits per heavy atom. The Morgan fingerprint density at radius 1 is 1.00 bits per heavy atom. The van der Waals surface area contributed by atoms with Crippen molar-refractivity contribution < 1.29 is 13.5 Å². The van der Waals surface area contributed by atoms with Crippen molar-refractivity contribution in [2.75, 3.05) is 5.73 Å². The molecule has 0 aliphatic rings. The van der Waals surface area contributed by atoms with Crippen LogP contribution in [0.5, 0.6) is 11.5 Å². The van der Waals surface area contributed by atoms with Gasteiger partial charge in [-0.05, 0) is 37.3 Å². The van der Waals surface area contributed by atoms with Gasteiger partial charge >= 0.3 is 0 Å². The first kappa shape index (κ1) is 13.3. The fraction of sp³-hybridized carbons (Fsp3) is 0.0625. The lowest BCUT2D eigenvalue weighted by atomic mass is 10.1. The Morgan fingerprint density at radius 2 is 1.76 bits per heavy atom. The molecule has 2 aromatic carbocycles. The summed E-state index contributed by atoms with van der Waals surface area (Å²) >= 11 is 0. The van der Waals surface area contributed by atoms with E-state index in [9.17, 15) is 8.78 Å². The van der Waals surface area contributed by atoms with Gasteiger partial charge in [-0.3, -0.25) is 4.98 Å². The molecule has 0 amide bonds. The number of nitrogens with zero attached hydrogens (tertiary/aromatic N) is 1. The highest BCUT2D eigenvalue weighted by Crippen LogP contribution is 2.34. The maximum atomic E-state index is 13.7. The summed E-state index contributed by atoms with van der Waals surface area (Å²) in [5.41, 5.74) is 7.25. The second-order valence-electron chi connectivity index (χ2n) is 4.70. The standard InChI is InChI=1S/C16H12F2N2O/c1-9-6-11-12(8-20-9)14(19)3-5-15(11)21-16-4-2-10(17)7-13(16)18/h2-8H,19H2,1H3. The predicted octanol–water partition coefficient (Wildman–Crippen LogP) is 4.20. The molecule has 0 radical (unpaired) electrons. The average Bonchev–Trinajstić information content (AvgIpc) is 2.44. The molecule has 0 unspecified atom stereocenters. The summed E-state index contributed by atoms with van der Waals surface area (Å²) in [5, 5.41) is 1.45. The SMILES string of the molecule is Cc1cc2c(Oc3ccc(F)cc3F)ccc(N)c2cn1. The van der Waals surface area contributed by atoms with Crippen molar-refractivity contribution in [3.8, 4) is 11.5 Å². The van der Waals surface area contributed by atoms with Crippen LogP contribution in [0.15, 0.2) is 42.6 Å². The Balaban J connectivity index is 2.12. The van der Waals surface area contributed by atoms with Gasteiger partial charge in [-0.15, -0.1) is 0 Å². The molecule has 3 rings (SSSR count). The molecule has 1 heterocycles. The van der Waals surface area contributed by atoms with E-state index in [0.29, 0.717) is 11.4 Å². The minimum Gasteiger partial charge on any atom is -0.454 e. The second kappa shape index (κ2) is 5.01. The molecule has 0 aliphatic heterocycles. The van der Waals surface area contributed by atoms with Gasteiger partial charge in [0.25, 0.3) is 0 Å². The van der Waals surface area contributed by atoms with Gasteiger partial charge in [0, 0.05) is 34.4 Å². The number of nitrogen functional groups attached to an aromatic ring is 1. The van der Waals surface area contributed by atoms with Crippen molar-refractivity contribution in [1.29, 1.82) is 0 Å². The van der Waals surface area contributed by atoms with E-state index in [-0.39, 0.29) is 5.75 Å². The number of halogens is 2. The Bertz CT molecular complexity index is 834. The van der Waals surface area contributed by atoms with Crippen LogP contribution in [0.2, 0.25) is 0 Å². The molecule has 3 aromatic rings. The molecular formula is C16H12F2N2O. The molecule has 5 heteroatoms. The van der Waals surface area contributed by atoms with Gasteiger partial charge in [0.1, 0.15) is 11.6 Å². The predicted molar refractivity (Wildman–Crippen MR) is 77.3 cm³/mol. The van der Waals surface area contributed by atoms with Crippen LogP contribution in [-0.2, 0) is 0 Å². The molecule has 0 saturated heterocycles. The number of hydrogen-bond donors (Lipinski definition) is 1. The number of hydrogen-bond acceptors (Lipinski definition) is 3. The highest BCUT2D eigenvalue weighted by Gasteiger charge is 2.10. The molecule has 0 saturated carbocycles. The summed E-state index contributed by atoms with van der Waals surface area (Å²) in [7, 11) is 0. The van der Waals surface area contributed by atoms with Crippen molar-refractivity contribution in [1.82, 2.24) is 4.98 Å². The number of aromatic nitrogens is 1. The maximum Gasteiger partial charge on any atom is 0.168 e. The van der Waals surface area contributed by atoms with E-state index in [1.54, 1.807) is 18.3 Å². The number of ether oxygens (including phenoxy) is 1. The van der Waals surface area contributed by atoms with Crippen LogP contribution in [-0.4, -0.2) is 4.98 Å². The van der Waals surface area contributed by atoms with Gasteiger partial charge in [0.2, 0.25) is 0 Å². The smallest absolute Gasteiger partial charge is 0.168 e. The van der Waals surface area contributed by atoms with Crippen molar-refractivity contribution in [2.45, 2.75) is 6.92 Å². The van der Waals surface area contributed by atoms with Crippen LogP contribution < -0.4 is 10.5 Å². The molecule has 0 bridgehead atoms. The Labute approximate surface area is 120 Å². The summed E-state index contributed by atoms with van der Waals surface area (Å²) in [6, 6.07) is 8.30. The fourth-order valence-electron chi connectivity index (χ4n) is 2.10. The lowest BCUT2D eigenvalue weighted by molar-refractivity contribution is 0.441. The van der Waals surface area contributed by atoms with E-state index in [2.05, 4.69) is 4.98 Å². The van der Waals surface area contributed by atoms with Crippen LogP contribution >= 0.6 is 0 Å². The fourth-order valence-corrected chi connectivity index (χ4v) is 2.10. The highest BCUT2D eigenvalue weighted by atomic mass is 19.1. The topological polar surface area (TPSA) is 48.1 Å². The first-order valence-electron chi connectivity index (χ1n) is 6.32. The van der Waals surface area contributed by atoms with E-state index >= 15 is 0 Å². The van der Waals surface area contributed by atoms with Gasteiger partial charge in [-0.1, -0.05) is 0 Å². The normalized spacial score (nSPS) is 10.8. The van der Waals surface area contributed by atoms with E-state index in [0.717, 1.165) is 28.6 Å². The minimum atomic E-state index is -0.759. The van der Waals surface area contributed by atoms with Crippen molar-refractivity contribution in [3.63, 3.8) is 0 Å². The molecule has 106 valence electrons. The first-order valence-corrected chi connectivity index (χ1v) is 6.32. The van der Waals surface area contributed by atoms with Gasteiger partial charge in [-0.25, -0.2) is 8.78 Å². The number of benzene rings is 2. The molecule has 21 heavy (non-hydrogen) atoms. The molecule has 1 aromatic heterocycles. The summed E-state index contributed by atoms with van der Waals surface area (Å²) in [6.07, 6.45) is 1.65. The number of aryl methyl sites for hydroxylation is 1. The van der Waals surface area contributed by atoms with Crippen LogP contribution in [0.25, 0.3) is 10.8 Å². The van der Waals surface area contributed by atoms with Crippen LogP contribution in [0.3, 0.4) is 0 Å². The number of rotatable bonds is 2. The molecule has 0 fully saturated rings.